The number of imide groups is 1. The molecule has 0 bridgehead atoms. The molecule has 9 heteroatoms. The first kappa shape index (κ1) is 17.8. The topological polar surface area (TPSA) is 104 Å². The number of benzene rings is 1. The molecule has 1 aromatic heterocycles. The molecule has 1 heterocycles. The normalized spacial score (nSPS) is 10.2. The molecule has 0 saturated heterocycles. The molecule has 0 radical (unpaired) electrons. The van der Waals surface area contributed by atoms with Gasteiger partial charge in [-0.3, -0.25) is 10.1 Å². The van der Waals surface area contributed by atoms with Gasteiger partial charge in [0.25, 0.3) is 5.22 Å². The second-order valence-corrected chi connectivity index (χ2v) is 5.31. The highest BCUT2D eigenvalue weighted by Gasteiger charge is 2.13. The fourth-order valence-electron chi connectivity index (χ4n) is 1.69. The second kappa shape index (κ2) is 8.92. The first-order valence-corrected chi connectivity index (χ1v) is 8.27. The summed E-state index contributed by atoms with van der Waals surface area (Å²) in [4.78, 5) is 22.6. The number of alkyl carbamates (subject to hydrolysis) is 1. The van der Waals surface area contributed by atoms with Crippen molar-refractivity contribution in [2.24, 2.45) is 0 Å². The van der Waals surface area contributed by atoms with Crippen molar-refractivity contribution in [1.82, 2.24) is 15.5 Å². The van der Waals surface area contributed by atoms with Crippen molar-refractivity contribution in [2.45, 2.75) is 19.1 Å². The van der Waals surface area contributed by atoms with Gasteiger partial charge in [-0.2, -0.15) is 0 Å². The van der Waals surface area contributed by atoms with E-state index in [9.17, 15) is 9.59 Å². The molecule has 24 heavy (non-hydrogen) atoms. The predicted octanol–water partition coefficient (Wildman–Crippen LogP) is 2.50. The minimum absolute atomic E-state index is 0.0380. The van der Waals surface area contributed by atoms with Gasteiger partial charge in [0.05, 0.1) is 19.0 Å². The van der Waals surface area contributed by atoms with E-state index >= 15 is 0 Å². The molecule has 1 N–H and O–H groups in total. The van der Waals surface area contributed by atoms with Crippen molar-refractivity contribution in [3.8, 4) is 17.2 Å². The summed E-state index contributed by atoms with van der Waals surface area (Å²) in [6.07, 6.45) is -0.774. The fraction of sp³-hybridized carbons (Fsp3) is 0.333. The number of nitrogens with one attached hydrogen (secondary N) is 1. The quantitative estimate of drug-likeness (QED) is 0.759. The lowest BCUT2D eigenvalue weighted by Gasteiger charge is -2.02. The van der Waals surface area contributed by atoms with E-state index in [-0.39, 0.29) is 17.6 Å². The molecular weight excluding hydrogens is 334 g/mol. The Morgan fingerprint density at radius 3 is 2.58 bits per heavy atom. The van der Waals surface area contributed by atoms with Gasteiger partial charge in [0.2, 0.25) is 11.8 Å². The van der Waals surface area contributed by atoms with E-state index in [0.29, 0.717) is 12.5 Å². The van der Waals surface area contributed by atoms with E-state index in [0.717, 1.165) is 23.1 Å². The van der Waals surface area contributed by atoms with Crippen molar-refractivity contribution < 1.29 is 23.5 Å². The Labute approximate surface area is 142 Å². The van der Waals surface area contributed by atoms with Gasteiger partial charge in [0.1, 0.15) is 5.75 Å². The summed E-state index contributed by atoms with van der Waals surface area (Å²) in [5.41, 5.74) is 0.744. The van der Waals surface area contributed by atoms with Crippen LogP contribution in [-0.2, 0) is 9.53 Å². The number of carbonyl (C=O) groups excluding carboxylic acids is 2. The Kier molecular flexibility index (Phi) is 6.62. The van der Waals surface area contributed by atoms with Crippen molar-refractivity contribution in [2.75, 3.05) is 19.0 Å². The van der Waals surface area contributed by atoms with E-state index in [1.54, 1.807) is 19.1 Å². The van der Waals surface area contributed by atoms with Crippen LogP contribution in [0.4, 0.5) is 4.79 Å². The Morgan fingerprint density at radius 1 is 1.17 bits per heavy atom. The number of aromatic nitrogens is 2. The largest absolute Gasteiger partial charge is 0.494 e. The van der Waals surface area contributed by atoms with E-state index in [4.69, 9.17) is 9.15 Å². The smallest absolute Gasteiger partial charge is 0.413 e. The first-order valence-electron chi connectivity index (χ1n) is 7.28. The molecule has 2 rings (SSSR count). The molecule has 8 nitrogen and oxygen atoms in total. The molecule has 0 aliphatic carbocycles. The summed E-state index contributed by atoms with van der Waals surface area (Å²) < 4.78 is 15.5. The van der Waals surface area contributed by atoms with Crippen LogP contribution in [0.25, 0.3) is 11.5 Å². The van der Waals surface area contributed by atoms with Crippen LogP contribution in [0.2, 0.25) is 0 Å². The zero-order chi connectivity index (χ0) is 17.4. The Bertz CT molecular complexity index is 687. The molecule has 0 fully saturated rings. The molecule has 2 amide bonds. The van der Waals surface area contributed by atoms with Gasteiger partial charge in [-0.15, -0.1) is 10.2 Å². The van der Waals surface area contributed by atoms with Crippen LogP contribution in [0.3, 0.4) is 0 Å². The van der Waals surface area contributed by atoms with Crippen LogP contribution in [0.1, 0.15) is 13.8 Å². The zero-order valence-corrected chi connectivity index (χ0v) is 14.1. The third-order valence-corrected chi connectivity index (χ3v) is 3.48. The van der Waals surface area contributed by atoms with Gasteiger partial charge in [-0.25, -0.2) is 4.79 Å². The molecule has 0 atom stereocenters. The highest BCUT2D eigenvalue weighted by atomic mass is 32.2. The molecule has 128 valence electrons. The van der Waals surface area contributed by atoms with Crippen molar-refractivity contribution in [3.05, 3.63) is 24.3 Å². The van der Waals surface area contributed by atoms with Crippen LogP contribution in [-0.4, -0.2) is 41.2 Å². The number of carbonyl (C=O) groups is 2. The fourth-order valence-corrected chi connectivity index (χ4v) is 2.25. The lowest BCUT2D eigenvalue weighted by Crippen LogP contribution is -2.32. The molecule has 0 unspecified atom stereocenters. The van der Waals surface area contributed by atoms with Gasteiger partial charge in [0, 0.05) is 5.56 Å². The maximum Gasteiger partial charge on any atom is 0.413 e. The van der Waals surface area contributed by atoms with Gasteiger partial charge in [-0.05, 0) is 38.1 Å². The van der Waals surface area contributed by atoms with Crippen molar-refractivity contribution >= 4 is 23.8 Å². The zero-order valence-electron chi connectivity index (χ0n) is 13.3. The van der Waals surface area contributed by atoms with Crippen LogP contribution in [0.15, 0.2) is 33.9 Å². The number of nitrogens with zero attached hydrogens (tertiary/aromatic N) is 2. The third kappa shape index (κ3) is 5.27. The Morgan fingerprint density at radius 2 is 1.92 bits per heavy atom. The molecule has 2 aromatic rings. The number of amides is 2. The minimum atomic E-state index is -0.774. The van der Waals surface area contributed by atoms with Crippen LogP contribution in [0, 0.1) is 0 Å². The SMILES string of the molecule is CCOC(=O)NC(=O)CSc1nnc(-c2ccc(OCC)cc2)o1. The maximum absolute atomic E-state index is 11.5. The standard InChI is InChI=1S/C15H17N3O5S/c1-3-21-11-7-5-10(6-8-11)13-17-18-15(23-13)24-9-12(19)16-14(20)22-4-2/h5-8H,3-4,9H2,1-2H3,(H,16,19,20). The van der Waals surface area contributed by atoms with E-state index in [1.165, 1.54) is 0 Å². The number of ether oxygens (including phenoxy) is 2. The number of thioether (sulfide) groups is 1. The number of hydrogen-bond acceptors (Lipinski definition) is 8. The maximum atomic E-state index is 11.5. The summed E-state index contributed by atoms with van der Waals surface area (Å²) in [5.74, 6) is 0.556. The molecule has 0 aliphatic rings. The van der Waals surface area contributed by atoms with Crippen LogP contribution >= 0.6 is 11.8 Å². The Balaban J connectivity index is 1.88. The lowest BCUT2D eigenvalue weighted by atomic mass is 10.2. The molecule has 0 spiro atoms. The molecule has 0 aliphatic heterocycles. The summed E-state index contributed by atoms with van der Waals surface area (Å²) in [5, 5.41) is 10.1. The molecule has 0 saturated carbocycles. The molecule has 1 aromatic carbocycles. The summed E-state index contributed by atoms with van der Waals surface area (Å²) >= 11 is 1.03. The summed E-state index contributed by atoms with van der Waals surface area (Å²) in [6, 6.07) is 7.23. The highest BCUT2D eigenvalue weighted by Crippen LogP contribution is 2.24. The Hall–Kier alpha value is -2.55. The van der Waals surface area contributed by atoms with Crippen molar-refractivity contribution in [1.29, 1.82) is 0 Å². The van der Waals surface area contributed by atoms with Gasteiger partial charge in [-0.1, -0.05) is 11.8 Å². The highest BCUT2D eigenvalue weighted by molar-refractivity contribution is 7.99. The van der Waals surface area contributed by atoms with E-state index in [2.05, 4.69) is 20.3 Å². The summed E-state index contributed by atoms with van der Waals surface area (Å²) in [6.45, 7) is 4.35. The van der Waals surface area contributed by atoms with Crippen LogP contribution in [0.5, 0.6) is 5.75 Å². The number of rotatable bonds is 7. The van der Waals surface area contributed by atoms with Crippen LogP contribution < -0.4 is 10.1 Å². The van der Waals surface area contributed by atoms with Gasteiger partial charge in [0.15, 0.2) is 0 Å². The van der Waals surface area contributed by atoms with Gasteiger partial charge < -0.3 is 13.9 Å². The summed E-state index contributed by atoms with van der Waals surface area (Å²) in [7, 11) is 0. The van der Waals surface area contributed by atoms with E-state index in [1.807, 2.05) is 19.1 Å². The first-order chi connectivity index (χ1) is 11.6. The predicted molar refractivity (Wildman–Crippen MR) is 86.8 cm³/mol. The average Bonchev–Trinajstić information content (AvgIpc) is 3.03. The average molecular weight is 351 g/mol. The van der Waals surface area contributed by atoms with Crippen molar-refractivity contribution in [3.63, 3.8) is 0 Å². The molecular formula is C15H17N3O5S. The second-order valence-electron chi connectivity index (χ2n) is 4.39. The third-order valence-electron chi connectivity index (χ3n) is 2.66. The monoisotopic (exact) mass is 351 g/mol. The van der Waals surface area contributed by atoms with Gasteiger partial charge >= 0.3 is 6.09 Å². The van der Waals surface area contributed by atoms with E-state index < -0.39 is 12.0 Å². The minimum Gasteiger partial charge on any atom is -0.494 e. The lowest BCUT2D eigenvalue weighted by molar-refractivity contribution is -0.117. The number of hydrogen-bond donors (Lipinski definition) is 1.